The van der Waals surface area contributed by atoms with Gasteiger partial charge in [0.1, 0.15) is 5.70 Å². The van der Waals surface area contributed by atoms with E-state index >= 15 is 0 Å². The summed E-state index contributed by atoms with van der Waals surface area (Å²) in [5.74, 6) is -0.674. The predicted molar refractivity (Wildman–Crippen MR) is 48.3 cm³/mol. The minimum atomic E-state index is -1.22. The Bertz CT molecular complexity index is 302. The number of esters is 1. The second-order valence-electron chi connectivity index (χ2n) is 4.22. The van der Waals surface area contributed by atoms with Crippen LogP contribution in [0.2, 0.25) is 0 Å². The standard InChI is InChI=1S/C9H13NO4/c1-5-6(11)14-7(9(2,3)4)10(5)8(12)13/h7H,1H2,2-4H3,(H,12,13)/t7-/m0/s1. The highest BCUT2D eigenvalue weighted by Crippen LogP contribution is 2.33. The van der Waals surface area contributed by atoms with Gasteiger partial charge in [0, 0.05) is 5.41 Å². The fourth-order valence-corrected chi connectivity index (χ4v) is 1.24. The minimum Gasteiger partial charge on any atom is -0.465 e. The van der Waals surface area contributed by atoms with Gasteiger partial charge in [0.25, 0.3) is 0 Å². The summed E-state index contributed by atoms with van der Waals surface area (Å²) in [5, 5.41) is 8.87. The summed E-state index contributed by atoms with van der Waals surface area (Å²) in [6.07, 6.45) is -2.01. The van der Waals surface area contributed by atoms with E-state index in [4.69, 9.17) is 9.84 Å². The van der Waals surface area contributed by atoms with Gasteiger partial charge in [0.2, 0.25) is 0 Å². The molecule has 0 aromatic heterocycles. The number of carbonyl (C=O) groups is 2. The third-order valence-electron chi connectivity index (χ3n) is 1.93. The molecule has 78 valence electrons. The van der Waals surface area contributed by atoms with Crippen molar-refractivity contribution in [1.29, 1.82) is 0 Å². The third kappa shape index (κ3) is 1.57. The zero-order valence-corrected chi connectivity index (χ0v) is 8.40. The first-order chi connectivity index (χ1) is 6.25. The normalized spacial score (nSPS) is 22.5. The Labute approximate surface area is 82.0 Å². The summed E-state index contributed by atoms with van der Waals surface area (Å²) in [5.41, 5.74) is -0.592. The van der Waals surface area contributed by atoms with Gasteiger partial charge in [-0.2, -0.15) is 0 Å². The van der Waals surface area contributed by atoms with Crippen molar-refractivity contribution in [2.45, 2.75) is 27.0 Å². The first-order valence-electron chi connectivity index (χ1n) is 4.17. The van der Waals surface area contributed by atoms with Crippen molar-refractivity contribution in [3.05, 3.63) is 12.3 Å². The summed E-state index contributed by atoms with van der Waals surface area (Å²) in [6.45, 7) is 8.75. The van der Waals surface area contributed by atoms with Crippen molar-refractivity contribution in [3.8, 4) is 0 Å². The van der Waals surface area contributed by atoms with Gasteiger partial charge in [-0.1, -0.05) is 27.4 Å². The second kappa shape index (κ2) is 3.01. The Balaban J connectivity index is 3.03. The lowest BCUT2D eigenvalue weighted by Gasteiger charge is -2.30. The molecule has 1 rings (SSSR count). The van der Waals surface area contributed by atoms with Crippen LogP contribution in [-0.2, 0) is 9.53 Å². The van der Waals surface area contributed by atoms with Crippen molar-refractivity contribution in [1.82, 2.24) is 4.90 Å². The maximum atomic E-state index is 11.1. The van der Waals surface area contributed by atoms with Gasteiger partial charge in [-0.05, 0) is 0 Å². The molecule has 1 amide bonds. The van der Waals surface area contributed by atoms with Crippen molar-refractivity contribution in [2.24, 2.45) is 5.41 Å². The van der Waals surface area contributed by atoms with E-state index in [1.165, 1.54) is 0 Å². The number of carboxylic acid groups (broad SMARTS) is 1. The molecule has 14 heavy (non-hydrogen) atoms. The van der Waals surface area contributed by atoms with Gasteiger partial charge in [-0.15, -0.1) is 0 Å². The molecule has 0 bridgehead atoms. The molecule has 0 saturated carbocycles. The van der Waals surface area contributed by atoms with E-state index in [2.05, 4.69) is 6.58 Å². The van der Waals surface area contributed by atoms with Crippen LogP contribution in [0.4, 0.5) is 4.79 Å². The van der Waals surface area contributed by atoms with Crippen molar-refractivity contribution < 1.29 is 19.4 Å². The topological polar surface area (TPSA) is 66.8 Å². The number of nitrogens with zero attached hydrogens (tertiary/aromatic N) is 1. The SMILES string of the molecule is C=C1C(=O)O[C@@H](C(C)(C)C)N1C(=O)O. The van der Waals surface area contributed by atoms with E-state index in [-0.39, 0.29) is 5.70 Å². The lowest BCUT2D eigenvalue weighted by atomic mass is 9.93. The molecule has 1 aliphatic heterocycles. The number of rotatable bonds is 0. The maximum Gasteiger partial charge on any atom is 0.415 e. The van der Waals surface area contributed by atoms with Crippen LogP contribution >= 0.6 is 0 Å². The summed E-state index contributed by atoms with van der Waals surface area (Å²) < 4.78 is 4.92. The lowest BCUT2D eigenvalue weighted by molar-refractivity contribution is -0.145. The second-order valence-corrected chi connectivity index (χ2v) is 4.22. The fraction of sp³-hybridized carbons (Fsp3) is 0.556. The molecule has 5 heteroatoms. The van der Waals surface area contributed by atoms with Crippen LogP contribution in [-0.4, -0.2) is 28.3 Å². The van der Waals surface area contributed by atoms with E-state index in [9.17, 15) is 9.59 Å². The quantitative estimate of drug-likeness (QED) is 0.473. The summed E-state index contributed by atoms with van der Waals surface area (Å²) >= 11 is 0. The van der Waals surface area contributed by atoms with E-state index in [0.717, 1.165) is 4.90 Å². The van der Waals surface area contributed by atoms with Gasteiger partial charge in [-0.25, -0.2) is 14.5 Å². The molecular weight excluding hydrogens is 186 g/mol. The Kier molecular flexibility index (Phi) is 2.27. The van der Waals surface area contributed by atoms with E-state index in [1.54, 1.807) is 20.8 Å². The molecule has 0 aromatic carbocycles. The smallest absolute Gasteiger partial charge is 0.415 e. The van der Waals surface area contributed by atoms with Crippen molar-refractivity contribution in [3.63, 3.8) is 0 Å². The number of hydrogen-bond donors (Lipinski definition) is 1. The number of hydrogen-bond acceptors (Lipinski definition) is 3. The zero-order chi connectivity index (χ0) is 11.1. The Morgan fingerprint density at radius 3 is 2.36 bits per heavy atom. The number of amides is 1. The molecule has 1 heterocycles. The lowest BCUT2D eigenvalue weighted by Crippen LogP contribution is -2.42. The van der Waals surface area contributed by atoms with Gasteiger partial charge in [-0.3, -0.25) is 0 Å². The number of ether oxygens (including phenoxy) is 1. The predicted octanol–water partition coefficient (Wildman–Crippen LogP) is 1.41. The van der Waals surface area contributed by atoms with Crippen LogP contribution in [0.5, 0.6) is 0 Å². The average molecular weight is 199 g/mol. The highest BCUT2D eigenvalue weighted by Gasteiger charge is 2.46. The number of carbonyl (C=O) groups excluding carboxylic acids is 1. The monoisotopic (exact) mass is 199 g/mol. The molecule has 1 N–H and O–H groups in total. The molecular formula is C9H13NO4. The van der Waals surface area contributed by atoms with Crippen LogP contribution in [0, 0.1) is 5.41 Å². The number of cyclic esters (lactones) is 1. The fourth-order valence-electron chi connectivity index (χ4n) is 1.24. The van der Waals surface area contributed by atoms with Crippen molar-refractivity contribution in [2.75, 3.05) is 0 Å². The molecule has 0 spiro atoms. The summed E-state index contributed by atoms with van der Waals surface area (Å²) in [7, 11) is 0. The minimum absolute atomic E-state index is 0.127. The third-order valence-corrected chi connectivity index (χ3v) is 1.93. The van der Waals surface area contributed by atoms with Gasteiger partial charge < -0.3 is 9.84 Å². The highest BCUT2D eigenvalue weighted by molar-refractivity contribution is 5.94. The summed E-state index contributed by atoms with van der Waals surface area (Å²) in [4.78, 5) is 22.8. The van der Waals surface area contributed by atoms with E-state index < -0.39 is 23.7 Å². The Morgan fingerprint density at radius 2 is 2.07 bits per heavy atom. The average Bonchev–Trinajstić information content (AvgIpc) is 2.27. The molecule has 1 saturated heterocycles. The zero-order valence-electron chi connectivity index (χ0n) is 8.40. The molecule has 5 nitrogen and oxygen atoms in total. The molecule has 0 aromatic rings. The molecule has 1 fully saturated rings. The molecule has 1 aliphatic rings. The van der Waals surface area contributed by atoms with Crippen LogP contribution in [0.1, 0.15) is 20.8 Å². The maximum absolute atomic E-state index is 11.1. The van der Waals surface area contributed by atoms with E-state index in [1.807, 2.05) is 0 Å². The van der Waals surface area contributed by atoms with Gasteiger partial charge in [0.15, 0.2) is 6.23 Å². The van der Waals surface area contributed by atoms with Crippen LogP contribution in [0.3, 0.4) is 0 Å². The Morgan fingerprint density at radius 1 is 1.57 bits per heavy atom. The first kappa shape index (κ1) is 10.6. The van der Waals surface area contributed by atoms with Crippen LogP contribution in [0.15, 0.2) is 12.3 Å². The van der Waals surface area contributed by atoms with Crippen molar-refractivity contribution >= 4 is 12.1 Å². The highest BCUT2D eigenvalue weighted by atomic mass is 16.6. The van der Waals surface area contributed by atoms with Crippen LogP contribution < -0.4 is 0 Å². The molecule has 0 radical (unpaired) electrons. The summed E-state index contributed by atoms with van der Waals surface area (Å²) in [6, 6.07) is 0. The van der Waals surface area contributed by atoms with Gasteiger partial charge >= 0.3 is 12.1 Å². The molecule has 1 atom stereocenters. The largest absolute Gasteiger partial charge is 0.465 e. The molecule has 0 aliphatic carbocycles. The van der Waals surface area contributed by atoms with E-state index in [0.29, 0.717) is 0 Å². The van der Waals surface area contributed by atoms with Crippen LogP contribution in [0.25, 0.3) is 0 Å². The molecule has 0 unspecified atom stereocenters. The first-order valence-corrected chi connectivity index (χ1v) is 4.17. The van der Waals surface area contributed by atoms with Gasteiger partial charge in [0.05, 0.1) is 0 Å². The Hall–Kier alpha value is -1.52.